The Balaban J connectivity index is 2.40. The van der Waals surface area contributed by atoms with Crippen LogP contribution >= 0.6 is 0 Å². The van der Waals surface area contributed by atoms with E-state index in [0.717, 1.165) is 18.9 Å². The molecule has 2 nitrogen and oxygen atoms in total. The normalized spacial score (nSPS) is 31.2. The topological polar surface area (TPSA) is 35.2 Å². The molecule has 2 heteroatoms. The van der Waals surface area contributed by atoms with Gasteiger partial charge in [0.1, 0.15) is 0 Å². The van der Waals surface area contributed by atoms with Crippen molar-refractivity contribution in [3.63, 3.8) is 0 Å². The van der Waals surface area contributed by atoms with Gasteiger partial charge in [-0.2, -0.15) is 0 Å². The van der Waals surface area contributed by atoms with Gasteiger partial charge in [0.15, 0.2) is 0 Å². The van der Waals surface area contributed by atoms with Crippen molar-refractivity contribution < 1.29 is 4.74 Å². The SMILES string of the molecule is CCOC(CC)C(N)C1CCC(C)CC1. The molecule has 0 amide bonds. The lowest BCUT2D eigenvalue weighted by molar-refractivity contribution is 0.0193. The van der Waals surface area contributed by atoms with Gasteiger partial charge in [-0.05, 0) is 38.0 Å². The third-order valence-corrected chi connectivity index (χ3v) is 3.82. The molecule has 0 saturated heterocycles. The summed E-state index contributed by atoms with van der Waals surface area (Å²) in [6.45, 7) is 7.36. The summed E-state index contributed by atoms with van der Waals surface area (Å²) in [5.74, 6) is 1.60. The van der Waals surface area contributed by atoms with Crippen molar-refractivity contribution >= 4 is 0 Å². The highest BCUT2D eigenvalue weighted by Gasteiger charge is 2.28. The Kier molecular flexibility index (Phi) is 5.62. The molecular weight excluding hydrogens is 186 g/mol. The number of hydrogen-bond donors (Lipinski definition) is 1. The second-order valence-electron chi connectivity index (χ2n) is 5.00. The summed E-state index contributed by atoms with van der Waals surface area (Å²) in [6.07, 6.45) is 6.61. The van der Waals surface area contributed by atoms with Crippen molar-refractivity contribution in [2.24, 2.45) is 17.6 Å². The number of hydrogen-bond acceptors (Lipinski definition) is 2. The maximum atomic E-state index is 6.31. The maximum Gasteiger partial charge on any atom is 0.0725 e. The molecule has 1 saturated carbocycles. The van der Waals surface area contributed by atoms with Gasteiger partial charge in [-0.3, -0.25) is 0 Å². The van der Waals surface area contributed by atoms with Gasteiger partial charge >= 0.3 is 0 Å². The summed E-state index contributed by atoms with van der Waals surface area (Å²) in [5.41, 5.74) is 6.31. The summed E-state index contributed by atoms with van der Waals surface area (Å²) in [5, 5.41) is 0. The van der Waals surface area contributed by atoms with E-state index in [4.69, 9.17) is 10.5 Å². The van der Waals surface area contributed by atoms with E-state index in [9.17, 15) is 0 Å². The molecule has 1 fully saturated rings. The Morgan fingerprint density at radius 3 is 2.27 bits per heavy atom. The molecule has 0 aromatic rings. The van der Waals surface area contributed by atoms with Gasteiger partial charge in [0.25, 0.3) is 0 Å². The number of ether oxygens (including phenoxy) is 1. The summed E-state index contributed by atoms with van der Waals surface area (Å²) < 4.78 is 5.71. The molecule has 0 bridgehead atoms. The minimum absolute atomic E-state index is 0.252. The van der Waals surface area contributed by atoms with E-state index in [1.807, 2.05) is 0 Å². The fraction of sp³-hybridized carbons (Fsp3) is 1.00. The van der Waals surface area contributed by atoms with Crippen LogP contribution in [0.3, 0.4) is 0 Å². The lowest BCUT2D eigenvalue weighted by Crippen LogP contribution is -2.43. The molecule has 2 N–H and O–H groups in total. The third-order valence-electron chi connectivity index (χ3n) is 3.82. The van der Waals surface area contributed by atoms with E-state index in [2.05, 4.69) is 20.8 Å². The second-order valence-corrected chi connectivity index (χ2v) is 5.00. The van der Waals surface area contributed by atoms with Crippen LogP contribution in [0.1, 0.15) is 52.9 Å². The number of nitrogens with two attached hydrogens (primary N) is 1. The smallest absolute Gasteiger partial charge is 0.0725 e. The zero-order valence-electron chi connectivity index (χ0n) is 10.5. The molecular formula is C13H27NO. The first-order valence-electron chi connectivity index (χ1n) is 6.56. The van der Waals surface area contributed by atoms with Gasteiger partial charge in [-0.25, -0.2) is 0 Å². The Hall–Kier alpha value is -0.0800. The van der Waals surface area contributed by atoms with Crippen LogP contribution in [0.25, 0.3) is 0 Å². The van der Waals surface area contributed by atoms with E-state index in [-0.39, 0.29) is 12.1 Å². The minimum atomic E-state index is 0.252. The molecule has 0 radical (unpaired) electrons. The van der Waals surface area contributed by atoms with Gasteiger partial charge in [0.05, 0.1) is 6.10 Å². The van der Waals surface area contributed by atoms with Crippen molar-refractivity contribution in [2.75, 3.05) is 6.61 Å². The molecule has 15 heavy (non-hydrogen) atoms. The van der Waals surface area contributed by atoms with E-state index in [0.29, 0.717) is 5.92 Å². The highest BCUT2D eigenvalue weighted by atomic mass is 16.5. The molecule has 1 aliphatic carbocycles. The van der Waals surface area contributed by atoms with Gasteiger partial charge in [0.2, 0.25) is 0 Å². The van der Waals surface area contributed by atoms with Crippen molar-refractivity contribution in [3.05, 3.63) is 0 Å². The average Bonchev–Trinajstić information content (AvgIpc) is 2.26. The molecule has 90 valence electrons. The van der Waals surface area contributed by atoms with Crippen molar-refractivity contribution in [1.29, 1.82) is 0 Å². The molecule has 0 heterocycles. The number of rotatable bonds is 5. The maximum absolute atomic E-state index is 6.31. The molecule has 0 aromatic heterocycles. The van der Waals surface area contributed by atoms with Crippen LogP contribution in [-0.4, -0.2) is 18.8 Å². The van der Waals surface area contributed by atoms with E-state index >= 15 is 0 Å². The summed E-state index contributed by atoms with van der Waals surface area (Å²) in [7, 11) is 0. The van der Waals surface area contributed by atoms with Crippen LogP contribution < -0.4 is 5.73 Å². The lowest BCUT2D eigenvalue weighted by atomic mass is 9.78. The summed E-state index contributed by atoms with van der Waals surface area (Å²) in [6, 6.07) is 0.252. The Labute approximate surface area is 94.6 Å². The highest BCUT2D eigenvalue weighted by molar-refractivity contribution is 4.83. The fourth-order valence-electron chi connectivity index (χ4n) is 2.69. The van der Waals surface area contributed by atoms with Crippen LogP contribution in [0.2, 0.25) is 0 Å². The van der Waals surface area contributed by atoms with Gasteiger partial charge in [-0.15, -0.1) is 0 Å². The Bertz CT molecular complexity index is 164. The molecule has 2 atom stereocenters. The molecule has 0 aromatic carbocycles. The lowest BCUT2D eigenvalue weighted by Gasteiger charge is -2.34. The Morgan fingerprint density at radius 1 is 1.20 bits per heavy atom. The van der Waals surface area contributed by atoms with Crippen LogP contribution in [0.15, 0.2) is 0 Å². The van der Waals surface area contributed by atoms with E-state index in [1.165, 1.54) is 25.7 Å². The quantitative estimate of drug-likeness (QED) is 0.762. The standard InChI is InChI=1S/C13H27NO/c1-4-12(15-5-2)13(14)11-8-6-10(3)7-9-11/h10-13H,4-9,14H2,1-3H3. The first-order valence-corrected chi connectivity index (χ1v) is 6.56. The van der Waals surface area contributed by atoms with Crippen LogP contribution in [0, 0.1) is 11.8 Å². The van der Waals surface area contributed by atoms with Gasteiger partial charge in [-0.1, -0.05) is 26.7 Å². The zero-order valence-corrected chi connectivity index (χ0v) is 10.5. The van der Waals surface area contributed by atoms with Crippen molar-refractivity contribution in [1.82, 2.24) is 0 Å². The molecule has 1 aliphatic rings. The minimum Gasteiger partial charge on any atom is -0.377 e. The van der Waals surface area contributed by atoms with E-state index < -0.39 is 0 Å². The third kappa shape index (κ3) is 3.76. The predicted molar refractivity (Wildman–Crippen MR) is 64.8 cm³/mol. The van der Waals surface area contributed by atoms with Crippen LogP contribution in [0.5, 0.6) is 0 Å². The molecule has 2 unspecified atom stereocenters. The highest BCUT2D eigenvalue weighted by Crippen LogP contribution is 2.31. The molecule has 0 spiro atoms. The van der Waals surface area contributed by atoms with Crippen LogP contribution in [-0.2, 0) is 4.74 Å². The Morgan fingerprint density at radius 2 is 1.80 bits per heavy atom. The first-order chi connectivity index (χ1) is 7.19. The van der Waals surface area contributed by atoms with Crippen molar-refractivity contribution in [3.8, 4) is 0 Å². The largest absolute Gasteiger partial charge is 0.377 e. The molecule has 0 aliphatic heterocycles. The molecule has 1 rings (SSSR count). The van der Waals surface area contributed by atoms with Crippen LogP contribution in [0.4, 0.5) is 0 Å². The zero-order chi connectivity index (χ0) is 11.3. The fourth-order valence-corrected chi connectivity index (χ4v) is 2.69. The average molecular weight is 213 g/mol. The van der Waals surface area contributed by atoms with Crippen molar-refractivity contribution in [2.45, 2.75) is 65.0 Å². The first kappa shape index (κ1) is 13.0. The monoisotopic (exact) mass is 213 g/mol. The van der Waals surface area contributed by atoms with E-state index in [1.54, 1.807) is 0 Å². The summed E-state index contributed by atoms with van der Waals surface area (Å²) in [4.78, 5) is 0. The predicted octanol–water partition coefficient (Wildman–Crippen LogP) is 2.96. The van der Waals surface area contributed by atoms with Gasteiger partial charge < -0.3 is 10.5 Å². The second kappa shape index (κ2) is 6.49. The summed E-state index contributed by atoms with van der Waals surface area (Å²) >= 11 is 0. The van der Waals surface area contributed by atoms with Gasteiger partial charge in [0, 0.05) is 12.6 Å².